The first-order valence-corrected chi connectivity index (χ1v) is 6.71. The Balaban J connectivity index is 0.00000180. The van der Waals surface area contributed by atoms with Gasteiger partial charge in [-0.1, -0.05) is 13.8 Å². The molecule has 1 aliphatic carbocycles. The molecule has 0 spiro atoms. The molecule has 0 N–H and O–H groups in total. The van der Waals surface area contributed by atoms with E-state index in [4.69, 9.17) is 9.47 Å². The van der Waals surface area contributed by atoms with Crippen molar-refractivity contribution in [2.45, 2.75) is 32.7 Å². The van der Waals surface area contributed by atoms with Gasteiger partial charge in [0.2, 0.25) is 0 Å². The van der Waals surface area contributed by atoms with Crippen LogP contribution < -0.4 is 9.47 Å². The van der Waals surface area contributed by atoms with Gasteiger partial charge in [-0.3, -0.25) is 0 Å². The first kappa shape index (κ1) is 16.1. The summed E-state index contributed by atoms with van der Waals surface area (Å²) in [4.78, 5) is 2.53. The Kier molecular flexibility index (Phi) is 5.95. The molecule has 0 aliphatic heterocycles. The molecular formula is C15H24ClNO2. The maximum Gasteiger partial charge on any atom is 0.161 e. The topological polar surface area (TPSA) is 21.7 Å². The summed E-state index contributed by atoms with van der Waals surface area (Å²) in [5.74, 6) is 1.69. The van der Waals surface area contributed by atoms with E-state index in [-0.39, 0.29) is 12.4 Å². The summed E-state index contributed by atoms with van der Waals surface area (Å²) >= 11 is 0. The van der Waals surface area contributed by atoms with Gasteiger partial charge in [0.05, 0.1) is 14.2 Å². The van der Waals surface area contributed by atoms with Gasteiger partial charge in [-0.25, -0.2) is 0 Å². The van der Waals surface area contributed by atoms with Gasteiger partial charge in [0.15, 0.2) is 11.5 Å². The van der Waals surface area contributed by atoms with Crippen molar-refractivity contribution in [3.63, 3.8) is 0 Å². The van der Waals surface area contributed by atoms with Crippen molar-refractivity contribution in [1.82, 2.24) is 4.90 Å². The van der Waals surface area contributed by atoms with Crippen LogP contribution in [0.4, 0.5) is 0 Å². The van der Waals surface area contributed by atoms with Crippen LogP contribution in [-0.4, -0.2) is 38.3 Å². The van der Waals surface area contributed by atoms with Gasteiger partial charge in [-0.15, -0.1) is 12.4 Å². The van der Waals surface area contributed by atoms with E-state index in [1.807, 2.05) is 0 Å². The molecule has 0 amide bonds. The van der Waals surface area contributed by atoms with Crippen LogP contribution in [0.3, 0.4) is 0 Å². The molecule has 0 saturated heterocycles. The number of methoxy groups -OCH3 is 2. The fourth-order valence-electron chi connectivity index (χ4n) is 2.92. The predicted octanol–water partition coefficient (Wildman–Crippen LogP) is 2.93. The Labute approximate surface area is 122 Å². The fourth-order valence-corrected chi connectivity index (χ4v) is 2.92. The summed E-state index contributed by atoms with van der Waals surface area (Å²) in [6.07, 6.45) is 2.24. The van der Waals surface area contributed by atoms with Crippen LogP contribution in [0.25, 0.3) is 0 Å². The molecule has 0 fully saturated rings. The summed E-state index contributed by atoms with van der Waals surface area (Å²) in [5, 5.41) is 0. The minimum atomic E-state index is 0. The van der Waals surface area contributed by atoms with Crippen molar-refractivity contribution in [2.75, 3.05) is 27.3 Å². The molecule has 3 nitrogen and oxygen atoms in total. The molecule has 19 heavy (non-hydrogen) atoms. The Hall–Kier alpha value is -0.930. The van der Waals surface area contributed by atoms with Crippen molar-refractivity contribution in [2.24, 2.45) is 0 Å². The summed E-state index contributed by atoms with van der Waals surface area (Å²) in [6.45, 7) is 6.69. The fraction of sp³-hybridized carbons (Fsp3) is 0.600. The summed E-state index contributed by atoms with van der Waals surface area (Å²) in [6, 6.07) is 4.90. The van der Waals surface area contributed by atoms with Crippen molar-refractivity contribution < 1.29 is 9.47 Å². The zero-order valence-corrected chi connectivity index (χ0v) is 13.0. The van der Waals surface area contributed by atoms with E-state index in [2.05, 4.69) is 30.9 Å². The van der Waals surface area contributed by atoms with Crippen LogP contribution in [0.2, 0.25) is 0 Å². The van der Waals surface area contributed by atoms with E-state index < -0.39 is 0 Å². The SMILES string of the molecule is CCN(CC)C1Cc2cc(OC)c(OC)cc2C1.Cl. The highest BCUT2D eigenvalue weighted by Gasteiger charge is 2.26. The van der Waals surface area contributed by atoms with Crippen LogP contribution in [0.15, 0.2) is 12.1 Å². The van der Waals surface area contributed by atoms with Gasteiger partial charge in [0.25, 0.3) is 0 Å². The van der Waals surface area contributed by atoms with E-state index in [1.165, 1.54) is 11.1 Å². The van der Waals surface area contributed by atoms with Gasteiger partial charge in [-0.05, 0) is 49.2 Å². The zero-order valence-electron chi connectivity index (χ0n) is 12.2. The number of fused-ring (bicyclic) bond motifs is 1. The van der Waals surface area contributed by atoms with Crippen molar-refractivity contribution >= 4 is 12.4 Å². The third-order valence-corrected chi connectivity index (χ3v) is 3.95. The number of benzene rings is 1. The third kappa shape index (κ3) is 3.15. The molecular weight excluding hydrogens is 262 g/mol. The second-order valence-electron chi connectivity index (χ2n) is 4.76. The first-order chi connectivity index (χ1) is 8.73. The molecule has 1 aliphatic rings. The molecule has 0 saturated carbocycles. The van der Waals surface area contributed by atoms with Gasteiger partial charge in [0.1, 0.15) is 0 Å². The van der Waals surface area contributed by atoms with Crippen LogP contribution >= 0.6 is 12.4 Å². The highest BCUT2D eigenvalue weighted by atomic mass is 35.5. The van der Waals surface area contributed by atoms with Crippen molar-refractivity contribution in [1.29, 1.82) is 0 Å². The summed E-state index contributed by atoms with van der Waals surface area (Å²) in [7, 11) is 3.39. The van der Waals surface area contributed by atoms with E-state index in [1.54, 1.807) is 14.2 Å². The van der Waals surface area contributed by atoms with E-state index in [9.17, 15) is 0 Å². The Morgan fingerprint density at radius 3 is 1.74 bits per heavy atom. The zero-order chi connectivity index (χ0) is 13.1. The molecule has 1 aromatic carbocycles. The molecule has 0 atom stereocenters. The lowest BCUT2D eigenvalue weighted by molar-refractivity contribution is 0.223. The molecule has 2 rings (SSSR count). The molecule has 108 valence electrons. The lowest BCUT2D eigenvalue weighted by Gasteiger charge is -2.25. The van der Waals surface area contributed by atoms with E-state index in [0.29, 0.717) is 6.04 Å². The van der Waals surface area contributed by atoms with E-state index in [0.717, 1.165) is 37.4 Å². The number of nitrogens with zero attached hydrogens (tertiary/aromatic N) is 1. The molecule has 0 bridgehead atoms. The van der Waals surface area contributed by atoms with E-state index >= 15 is 0 Å². The van der Waals surface area contributed by atoms with Crippen molar-refractivity contribution in [3.05, 3.63) is 23.3 Å². The average molecular weight is 286 g/mol. The molecule has 0 aromatic heterocycles. The smallest absolute Gasteiger partial charge is 0.161 e. The van der Waals surface area contributed by atoms with Crippen molar-refractivity contribution in [3.8, 4) is 11.5 Å². The minimum Gasteiger partial charge on any atom is -0.493 e. The van der Waals surface area contributed by atoms with Gasteiger partial charge < -0.3 is 14.4 Å². The highest BCUT2D eigenvalue weighted by molar-refractivity contribution is 5.85. The lowest BCUT2D eigenvalue weighted by Crippen LogP contribution is -2.35. The highest BCUT2D eigenvalue weighted by Crippen LogP contribution is 2.35. The molecule has 1 aromatic rings. The van der Waals surface area contributed by atoms with Gasteiger partial charge >= 0.3 is 0 Å². The number of hydrogen-bond donors (Lipinski definition) is 0. The Bertz CT molecular complexity index is 386. The normalized spacial score (nSPS) is 14.2. The molecule has 0 radical (unpaired) electrons. The second kappa shape index (κ2) is 7.01. The maximum absolute atomic E-state index is 5.37. The van der Waals surface area contributed by atoms with Crippen LogP contribution in [0.5, 0.6) is 11.5 Å². The third-order valence-electron chi connectivity index (χ3n) is 3.95. The number of rotatable bonds is 5. The van der Waals surface area contributed by atoms with Crippen LogP contribution in [0.1, 0.15) is 25.0 Å². The summed E-state index contributed by atoms with van der Waals surface area (Å²) in [5.41, 5.74) is 2.81. The minimum absolute atomic E-state index is 0. The number of hydrogen-bond acceptors (Lipinski definition) is 3. The molecule has 0 unspecified atom stereocenters. The predicted molar refractivity (Wildman–Crippen MR) is 80.9 cm³/mol. The molecule has 0 heterocycles. The van der Waals surface area contributed by atoms with Gasteiger partial charge in [-0.2, -0.15) is 0 Å². The van der Waals surface area contributed by atoms with Crippen LogP contribution in [0, 0.1) is 0 Å². The standard InChI is InChI=1S/C15H23NO2.ClH/c1-5-16(6-2)13-7-11-9-14(17-3)15(18-4)10-12(11)8-13;/h9-10,13H,5-8H2,1-4H3;1H. The lowest BCUT2D eigenvalue weighted by atomic mass is 10.1. The quantitative estimate of drug-likeness (QED) is 0.830. The van der Waals surface area contributed by atoms with Crippen LogP contribution in [-0.2, 0) is 12.8 Å². The first-order valence-electron chi connectivity index (χ1n) is 6.71. The molecule has 4 heteroatoms. The average Bonchev–Trinajstić information content (AvgIpc) is 2.80. The van der Waals surface area contributed by atoms with Gasteiger partial charge in [0, 0.05) is 6.04 Å². The largest absolute Gasteiger partial charge is 0.493 e. The number of ether oxygens (including phenoxy) is 2. The number of halogens is 1. The number of likely N-dealkylation sites (N-methyl/N-ethyl adjacent to an activating group) is 1. The Morgan fingerprint density at radius 1 is 1.00 bits per heavy atom. The monoisotopic (exact) mass is 285 g/mol. The maximum atomic E-state index is 5.37. The Morgan fingerprint density at radius 2 is 1.42 bits per heavy atom. The summed E-state index contributed by atoms with van der Waals surface area (Å²) < 4.78 is 10.7. The second-order valence-corrected chi connectivity index (χ2v) is 4.76.